The first kappa shape index (κ1) is 23.9. The van der Waals surface area contributed by atoms with Crippen LogP contribution in [0, 0.1) is 6.92 Å². The van der Waals surface area contributed by atoms with Gasteiger partial charge in [0.1, 0.15) is 11.6 Å². The van der Waals surface area contributed by atoms with E-state index in [9.17, 15) is 4.79 Å². The van der Waals surface area contributed by atoms with E-state index >= 15 is 0 Å². The van der Waals surface area contributed by atoms with Crippen LogP contribution in [-0.2, 0) is 22.8 Å². The number of hydrogen-bond donors (Lipinski definition) is 1. The monoisotopic (exact) mass is 468 g/mol. The number of nitrogens with zero attached hydrogens (tertiary/aromatic N) is 3. The van der Waals surface area contributed by atoms with Crippen LogP contribution in [0.25, 0.3) is 0 Å². The molecule has 3 rings (SSSR count). The van der Waals surface area contributed by atoms with E-state index in [1.807, 2.05) is 41.8 Å². The molecule has 0 bridgehead atoms. The van der Waals surface area contributed by atoms with Crippen LogP contribution in [0.1, 0.15) is 23.9 Å². The molecule has 1 amide bonds. The van der Waals surface area contributed by atoms with Crippen molar-refractivity contribution in [3.63, 3.8) is 0 Å². The van der Waals surface area contributed by atoms with Crippen LogP contribution in [-0.4, -0.2) is 33.0 Å². The van der Waals surface area contributed by atoms with Crippen molar-refractivity contribution in [2.45, 2.75) is 37.1 Å². The Kier molecular flexibility index (Phi) is 9.25. The normalized spacial score (nSPS) is 10.7. The highest BCUT2D eigenvalue weighted by molar-refractivity contribution is 7.99. The molecule has 1 heterocycles. The summed E-state index contributed by atoms with van der Waals surface area (Å²) in [7, 11) is 0. The Morgan fingerprint density at radius 2 is 1.88 bits per heavy atom. The Labute approximate surface area is 197 Å². The molecule has 6 nitrogen and oxygen atoms in total. The molecule has 0 spiro atoms. The molecule has 0 aliphatic rings. The molecule has 0 atom stereocenters. The van der Waals surface area contributed by atoms with Crippen molar-refractivity contribution in [2.75, 3.05) is 17.7 Å². The Morgan fingerprint density at radius 1 is 1.12 bits per heavy atom. The number of nitrogens with one attached hydrogen (secondary N) is 1. The summed E-state index contributed by atoms with van der Waals surface area (Å²) in [5, 5.41) is 12.3. The van der Waals surface area contributed by atoms with E-state index < -0.39 is 0 Å². The molecule has 0 aliphatic heterocycles. The molecule has 168 valence electrons. The summed E-state index contributed by atoms with van der Waals surface area (Å²) < 4.78 is 7.44. The highest BCUT2D eigenvalue weighted by Crippen LogP contribution is 2.23. The van der Waals surface area contributed by atoms with E-state index in [1.54, 1.807) is 11.8 Å². The van der Waals surface area contributed by atoms with Crippen molar-refractivity contribution in [1.29, 1.82) is 0 Å². The first-order chi connectivity index (χ1) is 15.6. The van der Waals surface area contributed by atoms with Gasteiger partial charge < -0.3 is 14.6 Å². The zero-order valence-electron chi connectivity index (χ0n) is 18.4. The van der Waals surface area contributed by atoms with Gasteiger partial charge in [-0.05, 0) is 43.7 Å². The lowest BCUT2D eigenvalue weighted by atomic mass is 10.2. The molecule has 8 heteroatoms. The number of rotatable bonds is 12. The van der Waals surface area contributed by atoms with Gasteiger partial charge in [-0.3, -0.25) is 4.79 Å². The summed E-state index contributed by atoms with van der Waals surface area (Å²) in [6.07, 6.45) is 1.82. The van der Waals surface area contributed by atoms with Crippen molar-refractivity contribution in [3.8, 4) is 5.75 Å². The van der Waals surface area contributed by atoms with Crippen LogP contribution in [0.2, 0.25) is 0 Å². The van der Waals surface area contributed by atoms with Crippen LogP contribution < -0.4 is 10.1 Å². The van der Waals surface area contributed by atoms with Gasteiger partial charge in [0, 0.05) is 18.0 Å². The first-order valence-corrected chi connectivity index (χ1v) is 12.5. The molecule has 0 aliphatic carbocycles. The van der Waals surface area contributed by atoms with Crippen LogP contribution in [0.3, 0.4) is 0 Å². The number of aromatic nitrogens is 3. The van der Waals surface area contributed by atoms with Gasteiger partial charge in [-0.15, -0.1) is 28.5 Å². The predicted octanol–water partition coefficient (Wildman–Crippen LogP) is 5.34. The molecule has 3 aromatic rings. The largest absolute Gasteiger partial charge is 0.494 e. The Hall–Kier alpha value is -2.71. The van der Waals surface area contributed by atoms with E-state index in [1.165, 1.54) is 22.9 Å². The predicted molar refractivity (Wildman–Crippen MR) is 133 cm³/mol. The standard InChI is InChI=1S/C24H28N4O2S2/c1-4-14-28-22(16-31-15-19-8-6-18(3)7-9-19)26-27-24(28)32-17-23(29)25-20-10-12-21(13-11-20)30-5-2/h4,6-13H,1,5,14-17H2,2-3H3,(H,25,29). The Balaban J connectivity index is 1.52. The van der Waals surface area contributed by atoms with Crippen molar-refractivity contribution in [2.24, 2.45) is 0 Å². The average Bonchev–Trinajstić information content (AvgIpc) is 3.17. The first-order valence-electron chi connectivity index (χ1n) is 10.4. The number of anilines is 1. The lowest BCUT2D eigenvalue weighted by Crippen LogP contribution is -2.14. The minimum absolute atomic E-state index is 0.0948. The van der Waals surface area contributed by atoms with E-state index in [-0.39, 0.29) is 11.7 Å². The maximum atomic E-state index is 12.4. The number of carbonyl (C=O) groups is 1. The summed E-state index contributed by atoms with van der Waals surface area (Å²) in [4.78, 5) is 12.4. The Morgan fingerprint density at radius 3 is 2.56 bits per heavy atom. The Bertz CT molecular complexity index is 1020. The number of ether oxygens (including phenoxy) is 1. The summed E-state index contributed by atoms with van der Waals surface area (Å²) in [6.45, 7) is 9.09. The minimum Gasteiger partial charge on any atom is -0.494 e. The molecule has 1 aromatic heterocycles. The van der Waals surface area contributed by atoms with Crippen LogP contribution >= 0.6 is 23.5 Å². The number of thioether (sulfide) groups is 2. The number of allylic oxidation sites excluding steroid dienone is 1. The third kappa shape index (κ3) is 7.17. The van der Waals surface area contributed by atoms with E-state index in [0.717, 1.165) is 33.9 Å². The third-order valence-corrected chi connectivity index (χ3v) is 6.47. The van der Waals surface area contributed by atoms with E-state index in [2.05, 4.69) is 53.3 Å². The fourth-order valence-electron chi connectivity index (χ4n) is 2.92. The number of aryl methyl sites for hydroxylation is 1. The van der Waals surface area contributed by atoms with Gasteiger partial charge >= 0.3 is 0 Å². The van der Waals surface area contributed by atoms with E-state index in [4.69, 9.17) is 4.74 Å². The van der Waals surface area contributed by atoms with Gasteiger partial charge in [0.05, 0.1) is 18.1 Å². The second-order valence-corrected chi connectivity index (χ2v) is 9.00. The van der Waals surface area contributed by atoms with Crippen molar-refractivity contribution < 1.29 is 9.53 Å². The zero-order chi connectivity index (χ0) is 22.8. The molecule has 0 saturated carbocycles. The van der Waals surface area contributed by atoms with Crippen molar-refractivity contribution in [1.82, 2.24) is 14.8 Å². The summed E-state index contributed by atoms with van der Waals surface area (Å²) >= 11 is 3.17. The minimum atomic E-state index is -0.0948. The van der Waals surface area contributed by atoms with Gasteiger partial charge in [0.15, 0.2) is 5.16 Å². The molecule has 0 fully saturated rings. The number of hydrogen-bond acceptors (Lipinski definition) is 6. The summed E-state index contributed by atoms with van der Waals surface area (Å²) in [5.41, 5.74) is 3.29. The third-order valence-electron chi connectivity index (χ3n) is 4.51. The van der Waals surface area contributed by atoms with Crippen LogP contribution in [0.5, 0.6) is 5.75 Å². The molecular weight excluding hydrogens is 440 g/mol. The van der Waals surface area contributed by atoms with Gasteiger partial charge in [-0.2, -0.15) is 0 Å². The van der Waals surface area contributed by atoms with Crippen LogP contribution in [0.4, 0.5) is 5.69 Å². The van der Waals surface area contributed by atoms with Gasteiger partial charge in [-0.1, -0.05) is 47.7 Å². The zero-order valence-corrected chi connectivity index (χ0v) is 20.0. The maximum absolute atomic E-state index is 12.4. The highest BCUT2D eigenvalue weighted by Gasteiger charge is 2.14. The molecule has 2 aromatic carbocycles. The lowest BCUT2D eigenvalue weighted by molar-refractivity contribution is -0.113. The molecule has 32 heavy (non-hydrogen) atoms. The topological polar surface area (TPSA) is 69.0 Å². The average molecular weight is 469 g/mol. The summed E-state index contributed by atoms with van der Waals surface area (Å²) in [6, 6.07) is 15.9. The molecule has 0 radical (unpaired) electrons. The van der Waals surface area contributed by atoms with E-state index in [0.29, 0.717) is 13.2 Å². The fraction of sp³-hybridized carbons (Fsp3) is 0.292. The number of benzene rings is 2. The second-order valence-electron chi connectivity index (χ2n) is 7.07. The van der Waals surface area contributed by atoms with Crippen LogP contribution in [0.15, 0.2) is 66.3 Å². The second kappa shape index (κ2) is 12.4. The quantitative estimate of drug-likeness (QED) is 0.286. The molecule has 0 unspecified atom stereocenters. The molecule has 0 saturated heterocycles. The van der Waals surface area contributed by atoms with Gasteiger partial charge in [-0.25, -0.2) is 0 Å². The fourth-order valence-corrected chi connectivity index (χ4v) is 4.61. The van der Waals surface area contributed by atoms with Gasteiger partial charge in [0.25, 0.3) is 0 Å². The molecular formula is C24H28N4O2S2. The van der Waals surface area contributed by atoms with Gasteiger partial charge in [0.2, 0.25) is 5.91 Å². The van der Waals surface area contributed by atoms with Crippen molar-refractivity contribution in [3.05, 3.63) is 78.1 Å². The molecule has 1 N–H and O–H groups in total. The number of carbonyl (C=O) groups excluding carboxylic acids is 1. The smallest absolute Gasteiger partial charge is 0.234 e. The summed E-state index contributed by atoms with van der Waals surface area (Å²) in [5.74, 6) is 3.48. The maximum Gasteiger partial charge on any atom is 0.234 e. The van der Waals surface area contributed by atoms with Crippen molar-refractivity contribution >= 4 is 35.1 Å². The SMILES string of the molecule is C=CCn1c(CSCc2ccc(C)cc2)nnc1SCC(=O)Nc1ccc(OCC)cc1. The highest BCUT2D eigenvalue weighted by atomic mass is 32.2. The number of amides is 1. The lowest BCUT2D eigenvalue weighted by Gasteiger charge is -2.09.